The first-order valence-corrected chi connectivity index (χ1v) is 8.91. The minimum absolute atomic E-state index is 0.162. The van der Waals surface area contributed by atoms with Gasteiger partial charge in [0.2, 0.25) is 5.91 Å². The smallest absolute Gasteiger partial charge is 0.242 e. The van der Waals surface area contributed by atoms with Gasteiger partial charge >= 0.3 is 0 Å². The van der Waals surface area contributed by atoms with Crippen molar-refractivity contribution >= 4 is 52.1 Å². The number of thiocarbonyl (C=S) groups is 1. The van der Waals surface area contributed by atoms with Gasteiger partial charge in [0.1, 0.15) is 0 Å². The number of hydrazine groups is 1. The number of benzene rings is 2. The lowest BCUT2D eigenvalue weighted by atomic mass is 10.0. The number of hydrogen-bond acceptors (Lipinski definition) is 2. The predicted molar refractivity (Wildman–Crippen MR) is 108 cm³/mol. The molecule has 0 unspecified atom stereocenters. The molecule has 0 aliphatic heterocycles. The molecule has 2 rings (SSSR count). The highest BCUT2D eigenvalue weighted by atomic mass is 35.5. The molecule has 2 aromatic rings. The molecule has 4 nitrogen and oxygen atoms in total. The van der Waals surface area contributed by atoms with Crippen LogP contribution in [0.2, 0.25) is 10.0 Å². The van der Waals surface area contributed by atoms with E-state index in [1.54, 1.807) is 18.2 Å². The Hall–Kier alpha value is -1.82. The highest BCUT2D eigenvalue weighted by Gasteiger charge is 2.06. The van der Waals surface area contributed by atoms with Gasteiger partial charge in [-0.1, -0.05) is 55.2 Å². The summed E-state index contributed by atoms with van der Waals surface area (Å²) in [6.07, 6.45) is 0.162. The average molecular weight is 396 g/mol. The molecule has 25 heavy (non-hydrogen) atoms. The molecule has 7 heteroatoms. The molecule has 0 saturated heterocycles. The first kappa shape index (κ1) is 19.5. The highest BCUT2D eigenvalue weighted by molar-refractivity contribution is 7.80. The second kappa shape index (κ2) is 9.04. The van der Waals surface area contributed by atoms with Gasteiger partial charge in [-0.15, -0.1) is 0 Å². The monoisotopic (exact) mass is 395 g/mol. The van der Waals surface area contributed by atoms with Crippen molar-refractivity contribution in [2.24, 2.45) is 0 Å². The van der Waals surface area contributed by atoms with Gasteiger partial charge in [-0.05, 0) is 53.5 Å². The largest absolute Gasteiger partial charge is 0.331 e. The van der Waals surface area contributed by atoms with E-state index in [9.17, 15) is 4.79 Å². The highest BCUT2D eigenvalue weighted by Crippen LogP contribution is 2.22. The number of amides is 1. The van der Waals surface area contributed by atoms with E-state index < -0.39 is 0 Å². The molecule has 0 aromatic heterocycles. The Morgan fingerprint density at radius 1 is 1.04 bits per heavy atom. The van der Waals surface area contributed by atoms with Crippen molar-refractivity contribution in [2.75, 3.05) is 5.32 Å². The Labute approximate surface area is 162 Å². The molecular weight excluding hydrogens is 377 g/mol. The van der Waals surface area contributed by atoms with E-state index in [0.29, 0.717) is 21.1 Å². The molecule has 0 heterocycles. The molecule has 0 aliphatic rings. The molecule has 0 saturated carbocycles. The fraction of sp³-hybridized carbons (Fsp3) is 0.222. The molecule has 3 N–H and O–H groups in total. The van der Waals surface area contributed by atoms with Crippen LogP contribution in [0.15, 0.2) is 42.5 Å². The third kappa shape index (κ3) is 6.20. The van der Waals surface area contributed by atoms with Crippen LogP contribution >= 0.6 is 35.4 Å². The Kier molecular flexibility index (Phi) is 7.05. The number of nitrogens with one attached hydrogen (secondary N) is 3. The quantitative estimate of drug-likeness (QED) is 0.519. The summed E-state index contributed by atoms with van der Waals surface area (Å²) in [7, 11) is 0. The van der Waals surface area contributed by atoms with Crippen LogP contribution in [0, 0.1) is 0 Å². The van der Waals surface area contributed by atoms with Gasteiger partial charge in [-0.3, -0.25) is 15.6 Å². The van der Waals surface area contributed by atoms with Gasteiger partial charge in [0.15, 0.2) is 5.11 Å². The van der Waals surface area contributed by atoms with Gasteiger partial charge in [0, 0.05) is 5.69 Å². The number of carbonyl (C=O) groups is 1. The number of hydrogen-bond donors (Lipinski definition) is 3. The van der Waals surface area contributed by atoms with Crippen molar-refractivity contribution < 1.29 is 4.79 Å². The minimum Gasteiger partial charge on any atom is -0.331 e. The lowest BCUT2D eigenvalue weighted by Crippen LogP contribution is -2.44. The van der Waals surface area contributed by atoms with Gasteiger partial charge in [-0.25, -0.2) is 0 Å². The van der Waals surface area contributed by atoms with E-state index in [2.05, 4.69) is 30.0 Å². The summed E-state index contributed by atoms with van der Waals surface area (Å²) in [5.74, 6) is 0.234. The molecule has 132 valence electrons. The zero-order valence-corrected chi connectivity index (χ0v) is 16.2. The molecule has 0 atom stereocenters. The van der Waals surface area contributed by atoms with Gasteiger partial charge in [0.05, 0.1) is 16.5 Å². The Morgan fingerprint density at radius 2 is 1.72 bits per heavy atom. The predicted octanol–water partition coefficient (Wildman–Crippen LogP) is 4.68. The average Bonchev–Trinajstić information content (AvgIpc) is 2.57. The summed E-state index contributed by atoms with van der Waals surface area (Å²) in [6, 6.07) is 13.0. The summed E-state index contributed by atoms with van der Waals surface area (Å²) in [4.78, 5) is 11.9. The number of rotatable bonds is 4. The molecule has 0 aliphatic carbocycles. The molecule has 2 aromatic carbocycles. The van der Waals surface area contributed by atoms with Crippen molar-refractivity contribution in [1.29, 1.82) is 0 Å². The molecule has 0 radical (unpaired) electrons. The summed E-state index contributed by atoms with van der Waals surface area (Å²) < 4.78 is 0. The number of anilines is 1. The Morgan fingerprint density at radius 3 is 2.32 bits per heavy atom. The summed E-state index contributed by atoms with van der Waals surface area (Å²) in [5.41, 5.74) is 8.08. The van der Waals surface area contributed by atoms with Crippen LogP contribution in [0.4, 0.5) is 5.69 Å². The Bertz CT molecular complexity index is 763. The molecule has 0 spiro atoms. The standard InChI is InChI=1S/C18H19Cl2N3OS/c1-11(2)13-4-6-14(7-5-13)21-18(25)23-22-17(24)10-12-3-8-15(19)16(20)9-12/h3-9,11H,10H2,1-2H3,(H,22,24)(H2,21,23,25). The van der Waals surface area contributed by atoms with Crippen LogP contribution in [-0.4, -0.2) is 11.0 Å². The fourth-order valence-electron chi connectivity index (χ4n) is 2.12. The van der Waals surface area contributed by atoms with Crippen molar-refractivity contribution in [3.05, 3.63) is 63.6 Å². The van der Waals surface area contributed by atoms with E-state index >= 15 is 0 Å². The van der Waals surface area contributed by atoms with Gasteiger partial charge in [0.25, 0.3) is 0 Å². The summed E-state index contributed by atoms with van der Waals surface area (Å²) in [6.45, 7) is 4.27. The second-order valence-electron chi connectivity index (χ2n) is 5.83. The van der Waals surface area contributed by atoms with E-state index in [0.717, 1.165) is 11.3 Å². The van der Waals surface area contributed by atoms with E-state index in [1.807, 2.05) is 24.3 Å². The van der Waals surface area contributed by atoms with Crippen LogP contribution in [0.5, 0.6) is 0 Å². The zero-order chi connectivity index (χ0) is 18.4. The van der Waals surface area contributed by atoms with Gasteiger partial charge < -0.3 is 5.32 Å². The third-order valence-electron chi connectivity index (χ3n) is 3.50. The van der Waals surface area contributed by atoms with Crippen molar-refractivity contribution in [1.82, 2.24) is 10.9 Å². The van der Waals surface area contributed by atoms with Crippen molar-refractivity contribution in [2.45, 2.75) is 26.2 Å². The maximum absolute atomic E-state index is 11.9. The van der Waals surface area contributed by atoms with Crippen molar-refractivity contribution in [3.63, 3.8) is 0 Å². The topological polar surface area (TPSA) is 53.2 Å². The number of carbonyl (C=O) groups excluding carboxylic acids is 1. The second-order valence-corrected chi connectivity index (χ2v) is 7.05. The maximum atomic E-state index is 11.9. The normalized spacial score (nSPS) is 10.4. The lowest BCUT2D eigenvalue weighted by molar-refractivity contribution is -0.120. The van der Waals surface area contributed by atoms with E-state index in [1.165, 1.54) is 5.56 Å². The van der Waals surface area contributed by atoms with Crippen LogP contribution in [0.1, 0.15) is 30.9 Å². The first-order valence-electron chi connectivity index (χ1n) is 7.75. The van der Waals surface area contributed by atoms with Crippen LogP contribution in [0.25, 0.3) is 0 Å². The van der Waals surface area contributed by atoms with Crippen molar-refractivity contribution in [3.8, 4) is 0 Å². The first-order chi connectivity index (χ1) is 11.8. The third-order valence-corrected chi connectivity index (χ3v) is 4.44. The van der Waals surface area contributed by atoms with E-state index in [-0.39, 0.29) is 12.3 Å². The lowest BCUT2D eigenvalue weighted by Gasteiger charge is -2.13. The molecule has 0 bridgehead atoms. The van der Waals surface area contributed by atoms with Crippen LogP contribution in [-0.2, 0) is 11.2 Å². The molecular formula is C18H19Cl2N3OS. The zero-order valence-electron chi connectivity index (χ0n) is 13.9. The maximum Gasteiger partial charge on any atom is 0.242 e. The van der Waals surface area contributed by atoms with Crippen LogP contribution < -0.4 is 16.2 Å². The SMILES string of the molecule is CC(C)c1ccc(NC(=S)NNC(=O)Cc2ccc(Cl)c(Cl)c2)cc1. The number of halogens is 2. The fourth-order valence-corrected chi connectivity index (χ4v) is 2.61. The van der Waals surface area contributed by atoms with Crippen LogP contribution in [0.3, 0.4) is 0 Å². The van der Waals surface area contributed by atoms with Gasteiger partial charge in [-0.2, -0.15) is 0 Å². The molecule has 1 amide bonds. The summed E-state index contributed by atoms with van der Waals surface area (Å²) in [5, 5.41) is 4.19. The Balaban J connectivity index is 1.80. The van der Waals surface area contributed by atoms with E-state index in [4.69, 9.17) is 35.4 Å². The molecule has 0 fully saturated rings. The summed E-state index contributed by atoms with van der Waals surface area (Å²) >= 11 is 17.0. The minimum atomic E-state index is -0.238.